The standard InChI is InChI=1S/C16H21N3O6S/c20-16(21)10-18(9-11-5-6-11)13-7-12(8-13)17-26(24,25)15-4-2-1-3-14(15)19(22)23/h1-4,11-13,17H,5-10H2,(H,20,21). The number of carboxylic acid groups (broad SMARTS) is 1. The fraction of sp³-hybridized carbons (Fsp3) is 0.562. The molecule has 1 aromatic carbocycles. The number of hydrogen-bond donors (Lipinski definition) is 2. The van der Waals surface area contributed by atoms with Crippen LogP contribution in [0.1, 0.15) is 25.7 Å². The quantitative estimate of drug-likeness (QED) is 0.484. The second kappa shape index (κ2) is 7.29. The predicted octanol–water partition coefficient (Wildman–Crippen LogP) is 1.20. The predicted molar refractivity (Wildman–Crippen MR) is 92.2 cm³/mol. The molecule has 26 heavy (non-hydrogen) atoms. The maximum atomic E-state index is 12.5. The Labute approximate surface area is 151 Å². The number of para-hydroxylation sites is 1. The molecule has 0 aromatic heterocycles. The maximum Gasteiger partial charge on any atom is 0.317 e. The summed E-state index contributed by atoms with van der Waals surface area (Å²) in [5, 5.41) is 20.1. The lowest BCUT2D eigenvalue weighted by Gasteiger charge is -2.42. The topological polar surface area (TPSA) is 130 Å². The largest absolute Gasteiger partial charge is 0.480 e. The number of nitrogens with one attached hydrogen (secondary N) is 1. The number of nitro groups is 1. The van der Waals surface area contributed by atoms with E-state index < -0.39 is 26.6 Å². The molecule has 9 nitrogen and oxygen atoms in total. The monoisotopic (exact) mass is 383 g/mol. The van der Waals surface area contributed by atoms with Crippen LogP contribution >= 0.6 is 0 Å². The van der Waals surface area contributed by atoms with Crippen LogP contribution in [0, 0.1) is 16.0 Å². The van der Waals surface area contributed by atoms with E-state index in [2.05, 4.69) is 4.72 Å². The Morgan fingerprint density at radius 1 is 1.31 bits per heavy atom. The molecule has 0 unspecified atom stereocenters. The summed E-state index contributed by atoms with van der Waals surface area (Å²) in [7, 11) is -4.01. The van der Waals surface area contributed by atoms with Gasteiger partial charge in [-0.25, -0.2) is 13.1 Å². The van der Waals surface area contributed by atoms with Gasteiger partial charge in [0.25, 0.3) is 5.69 Å². The highest BCUT2D eigenvalue weighted by atomic mass is 32.2. The summed E-state index contributed by atoms with van der Waals surface area (Å²) in [4.78, 5) is 22.9. The van der Waals surface area contributed by atoms with Gasteiger partial charge in [0.1, 0.15) is 0 Å². The Kier molecular flexibility index (Phi) is 5.26. The minimum absolute atomic E-state index is 0.0187. The Morgan fingerprint density at radius 3 is 2.54 bits per heavy atom. The summed E-state index contributed by atoms with van der Waals surface area (Å²) >= 11 is 0. The first-order valence-electron chi connectivity index (χ1n) is 8.48. The highest BCUT2D eigenvalue weighted by Gasteiger charge is 2.39. The van der Waals surface area contributed by atoms with Crippen molar-refractivity contribution in [3.05, 3.63) is 34.4 Å². The van der Waals surface area contributed by atoms with E-state index in [0.29, 0.717) is 18.8 Å². The highest BCUT2D eigenvalue weighted by molar-refractivity contribution is 7.89. The summed E-state index contributed by atoms with van der Waals surface area (Å²) in [5.41, 5.74) is -0.461. The van der Waals surface area contributed by atoms with Crippen molar-refractivity contribution in [1.29, 1.82) is 0 Å². The molecule has 1 aromatic rings. The van der Waals surface area contributed by atoms with Crippen LogP contribution < -0.4 is 4.72 Å². The van der Waals surface area contributed by atoms with Gasteiger partial charge >= 0.3 is 5.97 Å². The smallest absolute Gasteiger partial charge is 0.317 e. The Bertz CT molecular complexity index is 802. The maximum absolute atomic E-state index is 12.5. The lowest BCUT2D eigenvalue weighted by Crippen LogP contribution is -2.55. The summed E-state index contributed by atoms with van der Waals surface area (Å²) in [5.74, 6) is -0.355. The zero-order valence-electron chi connectivity index (χ0n) is 14.1. The molecule has 2 fully saturated rings. The molecule has 0 bridgehead atoms. The Balaban J connectivity index is 1.62. The molecule has 0 heterocycles. The lowest BCUT2D eigenvalue weighted by molar-refractivity contribution is -0.387. The lowest BCUT2D eigenvalue weighted by atomic mass is 9.86. The van der Waals surface area contributed by atoms with Crippen molar-refractivity contribution in [3.8, 4) is 0 Å². The van der Waals surface area contributed by atoms with Gasteiger partial charge in [0, 0.05) is 24.7 Å². The fourth-order valence-electron chi connectivity index (χ4n) is 3.25. The van der Waals surface area contributed by atoms with Crippen molar-refractivity contribution < 1.29 is 23.2 Å². The van der Waals surface area contributed by atoms with Gasteiger partial charge in [0.05, 0.1) is 11.5 Å². The SMILES string of the molecule is O=C(O)CN(CC1CC1)C1CC(NS(=O)(=O)c2ccccc2[N+](=O)[O-])C1. The molecule has 2 saturated carbocycles. The average molecular weight is 383 g/mol. The molecule has 0 spiro atoms. The number of nitrogens with zero attached hydrogens (tertiary/aromatic N) is 2. The summed E-state index contributed by atoms with van der Waals surface area (Å²) in [6.07, 6.45) is 3.22. The van der Waals surface area contributed by atoms with E-state index in [0.717, 1.165) is 25.5 Å². The van der Waals surface area contributed by atoms with Crippen LogP contribution in [0.4, 0.5) is 5.69 Å². The van der Waals surface area contributed by atoms with E-state index in [-0.39, 0.29) is 23.5 Å². The number of carbonyl (C=O) groups is 1. The third-order valence-corrected chi connectivity index (χ3v) is 6.40. The summed E-state index contributed by atoms with van der Waals surface area (Å²) in [6, 6.07) is 4.89. The van der Waals surface area contributed by atoms with Gasteiger partial charge in [0.2, 0.25) is 10.0 Å². The molecule has 142 valence electrons. The zero-order chi connectivity index (χ0) is 18.9. The van der Waals surface area contributed by atoms with Crippen molar-refractivity contribution in [1.82, 2.24) is 9.62 Å². The van der Waals surface area contributed by atoms with Gasteiger partial charge in [-0.05, 0) is 37.7 Å². The molecule has 2 aliphatic carbocycles. The molecular weight excluding hydrogens is 362 g/mol. The number of sulfonamides is 1. The minimum Gasteiger partial charge on any atom is -0.480 e. The fourth-order valence-corrected chi connectivity index (χ4v) is 4.68. The normalized spacial score (nSPS) is 22.8. The van der Waals surface area contributed by atoms with Crippen LogP contribution in [0.5, 0.6) is 0 Å². The molecule has 0 saturated heterocycles. The van der Waals surface area contributed by atoms with E-state index in [1.807, 2.05) is 4.90 Å². The number of carboxylic acids is 1. The van der Waals surface area contributed by atoms with Crippen LogP contribution in [0.25, 0.3) is 0 Å². The number of benzene rings is 1. The molecule has 2 N–H and O–H groups in total. The van der Waals surface area contributed by atoms with Crippen molar-refractivity contribution >= 4 is 21.7 Å². The van der Waals surface area contributed by atoms with Crippen LogP contribution in [0.3, 0.4) is 0 Å². The van der Waals surface area contributed by atoms with Crippen molar-refractivity contribution in [2.45, 2.75) is 42.7 Å². The second-order valence-corrected chi connectivity index (χ2v) is 8.62. The Morgan fingerprint density at radius 2 is 1.96 bits per heavy atom. The average Bonchev–Trinajstić information content (AvgIpc) is 3.33. The van der Waals surface area contributed by atoms with Gasteiger partial charge in [-0.3, -0.25) is 19.8 Å². The van der Waals surface area contributed by atoms with Crippen molar-refractivity contribution in [2.75, 3.05) is 13.1 Å². The van der Waals surface area contributed by atoms with E-state index in [9.17, 15) is 23.3 Å². The number of rotatable bonds is 9. The molecule has 0 aliphatic heterocycles. The van der Waals surface area contributed by atoms with Gasteiger partial charge in [-0.2, -0.15) is 0 Å². The molecular formula is C16H21N3O6S. The van der Waals surface area contributed by atoms with E-state index in [4.69, 9.17) is 5.11 Å². The third-order valence-electron chi connectivity index (χ3n) is 4.83. The minimum atomic E-state index is -4.01. The number of nitro benzene ring substituents is 1. The summed E-state index contributed by atoms with van der Waals surface area (Å²) < 4.78 is 27.5. The molecule has 0 atom stereocenters. The highest BCUT2D eigenvalue weighted by Crippen LogP contribution is 2.34. The van der Waals surface area contributed by atoms with Crippen LogP contribution in [-0.2, 0) is 14.8 Å². The van der Waals surface area contributed by atoms with Crippen molar-refractivity contribution in [3.63, 3.8) is 0 Å². The first kappa shape index (κ1) is 18.7. The Hall–Kier alpha value is -2.04. The first-order chi connectivity index (χ1) is 12.3. The molecule has 0 amide bonds. The first-order valence-corrected chi connectivity index (χ1v) is 9.96. The molecule has 0 radical (unpaired) electrons. The van der Waals surface area contributed by atoms with Crippen molar-refractivity contribution in [2.24, 2.45) is 5.92 Å². The molecule has 10 heteroatoms. The third kappa shape index (κ3) is 4.37. The molecule has 3 rings (SSSR count). The van der Waals surface area contributed by atoms with Gasteiger partial charge in [0.15, 0.2) is 4.90 Å². The van der Waals surface area contributed by atoms with Gasteiger partial charge in [-0.1, -0.05) is 12.1 Å². The second-order valence-electron chi connectivity index (χ2n) is 6.93. The summed E-state index contributed by atoms with van der Waals surface area (Å²) in [6.45, 7) is 0.672. The van der Waals surface area contributed by atoms with E-state index >= 15 is 0 Å². The van der Waals surface area contributed by atoms with Crippen LogP contribution in [0.2, 0.25) is 0 Å². The number of aliphatic carboxylic acids is 1. The van der Waals surface area contributed by atoms with Crippen LogP contribution in [-0.4, -0.2) is 54.5 Å². The van der Waals surface area contributed by atoms with Crippen LogP contribution in [0.15, 0.2) is 29.2 Å². The molecule has 2 aliphatic rings. The van der Waals surface area contributed by atoms with E-state index in [1.165, 1.54) is 18.2 Å². The van der Waals surface area contributed by atoms with Gasteiger partial charge in [-0.15, -0.1) is 0 Å². The van der Waals surface area contributed by atoms with E-state index in [1.54, 1.807) is 0 Å². The number of hydrogen-bond acceptors (Lipinski definition) is 6. The zero-order valence-corrected chi connectivity index (χ0v) is 14.9. The van der Waals surface area contributed by atoms with Gasteiger partial charge < -0.3 is 5.11 Å².